The first kappa shape index (κ1) is 8.42. The van der Waals surface area contributed by atoms with Crippen LogP contribution < -0.4 is 5.73 Å². The van der Waals surface area contributed by atoms with Gasteiger partial charge in [-0.3, -0.25) is 4.57 Å². The molecule has 4 N–H and O–H groups in total. The number of nitrogens with two attached hydrogens (primary N) is 1. The molecule has 0 saturated carbocycles. The Morgan fingerprint density at radius 2 is 2.44 bits per heavy atom. The molecule has 54 valence electrons. The van der Waals surface area contributed by atoms with Gasteiger partial charge in [0.15, 0.2) is 5.84 Å². The second-order valence-electron chi connectivity index (χ2n) is 1.15. The molecule has 0 saturated heterocycles. The van der Waals surface area contributed by atoms with Crippen LogP contribution in [0.1, 0.15) is 0 Å². The van der Waals surface area contributed by atoms with E-state index in [9.17, 15) is 4.57 Å². The van der Waals surface area contributed by atoms with E-state index in [-0.39, 0.29) is 12.4 Å². The molecule has 9 heavy (non-hydrogen) atoms. The van der Waals surface area contributed by atoms with E-state index in [0.29, 0.717) is 0 Å². The average Bonchev–Trinajstić information content (AvgIpc) is 1.83. The van der Waals surface area contributed by atoms with Crippen molar-refractivity contribution >= 4 is 14.1 Å². The molecule has 1 atom stereocenters. The summed E-state index contributed by atoms with van der Waals surface area (Å²) in [6, 6.07) is 0. The Hall–Kier alpha value is -0.580. The van der Waals surface area contributed by atoms with Crippen LogP contribution in [0, 0.1) is 0 Å². The maximum atomic E-state index is 9.79. The van der Waals surface area contributed by atoms with Crippen molar-refractivity contribution in [1.82, 2.24) is 0 Å². The van der Waals surface area contributed by atoms with E-state index in [2.05, 4.69) is 9.68 Å². The molecule has 0 heterocycles. The highest BCUT2D eigenvalue weighted by Gasteiger charge is 1.94. The molecule has 0 aliphatic heterocycles. The lowest BCUT2D eigenvalue weighted by Crippen LogP contribution is -2.16. The number of rotatable bonds is 3. The first-order chi connectivity index (χ1) is 4.16. The average molecular weight is 154 g/mol. The molecule has 0 spiro atoms. The first-order valence-corrected chi connectivity index (χ1v) is 3.25. The monoisotopic (exact) mass is 154 g/mol. The number of oxime groups is 1. The molecule has 0 aliphatic rings. The fraction of sp³-hybridized carbons (Fsp3) is 0.500. The smallest absolute Gasteiger partial charge is 0.317 e. The van der Waals surface area contributed by atoms with Gasteiger partial charge in [-0.1, -0.05) is 5.16 Å². The van der Waals surface area contributed by atoms with Crippen molar-refractivity contribution in [3.63, 3.8) is 0 Å². The maximum absolute atomic E-state index is 9.79. The Morgan fingerprint density at radius 3 is 2.78 bits per heavy atom. The van der Waals surface area contributed by atoms with Crippen molar-refractivity contribution in [3.8, 4) is 0 Å². The van der Waals surface area contributed by atoms with Crippen molar-refractivity contribution in [2.75, 3.05) is 6.61 Å². The van der Waals surface area contributed by atoms with Crippen LogP contribution in [0.15, 0.2) is 5.16 Å². The van der Waals surface area contributed by atoms with Gasteiger partial charge in [0.2, 0.25) is 0 Å². The van der Waals surface area contributed by atoms with E-state index in [1.54, 1.807) is 0 Å². The van der Waals surface area contributed by atoms with Crippen molar-refractivity contribution in [2.24, 2.45) is 10.9 Å². The van der Waals surface area contributed by atoms with Gasteiger partial charge >= 0.3 is 8.25 Å². The van der Waals surface area contributed by atoms with E-state index < -0.39 is 8.25 Å². The first-order valence-electron chi connectivity index (χ1n) is 1.99. The van der Waals surface area contributed by atoms with Gasteiger partial charge in [-0.25, -0.2) is 0 Å². The molecule has 6 nitrogen and oxygen atoms in total. The van der Waals surface area contributed by atoms with Crippen LogP contribution >= 0.6 is 8.25 Å². The van der Waals surface area contributed by atoms with Crippen molar-refractivity contribution in [3.05, 3.63) is 0 Å². The summed E-state index contributed by atoms with van der Waals surface area (Å²) in [6.45, 7) is -0.329. The second-order valence-corrected chi connectivity index (χ2v) is 1.97. The summed E-state index contributed by atoms with van der Waals surface area (Å²) in [5.41, 5.74) is 4.86. The Morgan fingerprint density at radius 1 is 1.89 bits per heavy atom. The molecule has 0 aromatic heterocycles. The zero-order chi connectivity index (χ0) is 7.28. The molecule has 0 amide bonds. The van der Waals surface area contributed by atoms with Gasteiger partial charge in [0.25, 0.3) is 0 Å². The third kappa shape index (κ3) is 5.29. The van der Waals surface area contributed by atoms with E-state index in [0.717, 1.165) is 0 Å². The third-order valence-electron chi connectivity index (χ3n) is 0.472. The van der Waals surface area contributed by atoms with Crippen LogP contribution in [0.5, 0.6) is 0 Å². The highest BCUT2D eigenvalue weighted by atomic mass is 31.1. The maximum Gasteiger partial charge on any atom is 0.317 e. The normalized spacial score (nSPS) is 15.4. The summed E-state index contributed by atoms with van der Waals surface area (Å²) in [7, 11) is -2.96. The lowest BCUT2D eigenvalue weighted by atomic mass is 10.7. The molecule has 0 radical (unpaired) electrons. The topological polar surface area (TPSA) is 105 Å². The SMILES string of the molecule is NC(CO[PH](=O)O)=NO. The van der Waals surface area contributed by atoms with Gasteiger partial charge in [-0.15, -0.1) is 0 Å². The molecule has 7 heteroatoms. The zero-order valence-electron chi connectivity index (χ0n) is 4.44. The molecule has 1 unspecified atom stereocenters. The van der Waals surface area contributed by atoms with Gasteiger partial charge in [-0.05, 0) is 0 Å². The molecule has 0 rings (SSSR count). The number of hydrogen-bond acceptors (Lipinski definition) is 4. The minimum absolute atomic E-state index is 0.234. The van der Waals surface area contributed by atoms with Gasteiger partial charge in [-0.2, -0.15) is 0 Å². The number of hydrogen-bond donors (Lipinski definition) is 3. The van der Waals surface area contributed by atoms with Crippen LogP contribution in [0.25, 0.3) is 0 Å². The Balaban J connectivity index is 3.39. The van der Waals surface area contributed by atoms with Crippen LogP contribution in [-0.2, 0) is 9.09 Å². The van der Waals surface area contributed by atoms with E-state index in [1.165, 1.54) is 0 Å². The van der Waals surface area contributed by atoms with Gasteiger partial charge in [0.05, 0.1) is 0 Å². The highest BCUT2D eigenvalue weighted by Crippen LogP contribution is 2.12. The Kier molecular flexibility index (Phi) is 4.04. The summed E-state index contributed by atoms with van der Waals surface area (Å²) in [5, 5.41) is 10.4. The molecule has 0 aromatic rings. The second kappa shape index (κ2) is 4.31. The van der Waals surface area contributed by atoms with Crippen LogP contribution in [-0.4, -0.2) is 22.5 Å². The molecular weight excluding hydrogens is 147 g/mol. The summed E-state index contributed by atoms with van der Waals surface area (Å²) >= 11 is 0. The van der Waals surface area contributed by atoms with Gasteiger partial charge in [0, 0.05) is 0 Å². The number of nitrogens with zero attached hydrogens (tertiary/aromatic N) is 1. The van der Waals surface area contributed by atoms with Crippen molar-refractivity contribution in [2.45, 2.75) is 0 Å². The Bertz CT molecular complexity index is 135. The van der Waals surface area contributed by atoms with Crippen molar-refractivity contribution in [1.29, 1.82) is 0 Å². The fourth-order valence-corrected chi connectivity index (χ4v) is 0.436. The van der Waals surface area contributed by atoms with E-state index >= 15 is 0 Å². The molecule has 0 fully saturated rings. The lowest BCUT2D eigenvalue weighted by Gasteiger charge is -1.94. The lowest BCUT2D eigenvalue weighted by molar-refractivity contribution is 0.296. The highest BCUT2D eigenvalue weighted by molar-refractivity contribution is 7.32. The predicted octanol–water partition coefficient (Wildman–Crippen LogP) is -0.869. The summed E-state index contributed by atoms with van der Waals surface area (Å²) in [5.74, 6) is -0.234. The largest absolute Gasteiger partial charge is 0.409 e. The van der Waals surface area contributed by atoms with E-state index in [4.69, 9.17) is 15.8 Å². The van der Waals surface area contributed by atoms with Crippen LogP contribution in [0.3, 0.4) is 0 Å². The summed E-state index contributed by atoms with van der Waals surface area (Å²) in [4.78, 5) is 8.03. The zero-order valence-corrected chi connectivity index (χ0v) is 5.44. The quantitative estimate of drug-likeness (QED) is 0.161. The van der Waals surface area contributed by atoms with Crippen LogP contribution in [0.4, 0.5) is 0 Å². The van der Waals surface area contributed by atoms with Gasteiger partial charge < -0.3 is 20.4 Å². The Labute approximate surface area is 51.9 Å². The minimum atomic E-state index is -2.96. The summed E-state index contributed by atoms with van der Waals surface area (Å²) in [6.07, 6.45) is 0. The van der Waals surface area contributed by atoms with Crippen molar-refractivity contribution < 1.29 is 19.2 Å². The van der Waals surface area contributed by atoms with Gasteiger partial charge in [0.1, 0.15) is 6.61 Å². The molecule has 0 aliphatic carbocycles. The molecule has 0 aromatic carbocycles. The van der Waals surface area contributed by atoms with E-state index in [1.807, 2.05) is 0 Å². The summed E-state index contributed by atoms with van der Waals surface area (Å²) < 4.78 is 13.9. The standard InChI is InChI=1S/C2H7N2O4P/c3-2(4-5)1-8-9(6)7/h5,9H,1H2,(H2,3,4)(H,6,7). The fourth-order valence-electron chi connectivity index (χ4n) is 0.165. The third-order valence-corrected chi connectivity index (χ3v) is 0.863. The van der Waals surface area contributed by atoms with Crippen LogP contribution in [0.2, 0.25) is 0 Å². The molecular formula is C2H7N2O4P. The minimum Gasteiger partial charge on any atom is -0.409 e. The number of amidine groups is 1. The predicted molar refractivity (Wildman–Crippen MR) is 30.6 cm³/mol. The molecule has 0 bridgehead atoms.